The minimum absolute atomic E-state index is 0.0862. The minimum Gasteiger partial charge on any atom is -0.445 e. The summed E-state index contributed by atoms with van der Waals surface area (Å²) in [6.45, 7) is 4.12. The van der Waals surface area contributed by atoms with E-state index < -0.39 is 11.6 Å². The van der Waals surface area contributed by atoms with Gasteiger partial charge in [-0.1, -0.05) is 56.5 Å². The van der Waals surface area contributed by atoms with Crippen molar-refractivity contribution in [3.63, 3.8) is 0 Å². The maximum absolute atomic E-state index is 11.8. The Morgan fingerprint density at radius 2 is 2.00 bits per heavy atom. The molecule has 112 valence electrons. The SMILES string of the molecule is CCCCC[C@](C)(CO)NC(=O)OCc1ccccc1. The summed E-state index contributed by atoms with van der Waals surface area (Å²) in [6, 6.07) is 9.53. The van der Waals surface area contributed by atoms with Gasteiger partial charge in [0, 0.05) is 0 Å². The molecule has 0 saturated carbocycles. The molecule has 20 heavy (non-hydrogen) atoms. The lowest BCUT2D eigenvalue weighted by atomic mass is 9.95. The lowest BCUT2D eigenvalue weighted by Gasteiger charge is -2.28. The van der Waals surface area contributed by atoms with Crippen molar-refractivity contribution >= 4 is 6.09 Å². The molecule has 0 aliphatic carbocycles. The Kier molecular flexibility index (Phi) is 7.09. The highest BCUT2D eigenvalue weighted by atomic mass is 16.5. The van der Waals surface area contributed by atoms with Crippen LogP contribution in [0.5, 0.6) is 0 Å². The molecule has 0 unspecified atom stereocenters. The van der Waals surface area contributed by atoms with E-state index in [1.807, 2.05) is 37.3 Å². The maximum atomic E-state index is 11.8. The van der Waals surface area contributed by atoms with Gasteiger partial charge in [0.05, 0.1) is 12.1 Å². The number of benzene rings is 1. The normalized spacial score (nSPS) is 13.6. The molecule has 1 atom stereocenters. The number of alkyl carbamates (subject to hydrolysis) is 1. The van der Waals surface area contributed by atoms with E-state index in [9.17, 15) is 9.90 Å². The Hall–Kier alpha value is -1.55. The van der Waals surface area contributed by atoms with Gasteiger partial charge in [0.2, 0.25) is 0 Å². The van der Waals surface area contributed by atoms with E-state index in [0.717, 1.165) is 31.2 Å². The third-order valence-corrected chi connectivity index (χ3v) is 3.30. The van der Waals surface area contributed by atoms with Crippen molar-refractivity contribution in [1.82, 2.24) is 5.32 Å². The average molecular weight is 279 g/mol. The van der Waals surface area contributed by atoms with Crippen LogP contribution >= 0.6 is 0 Å². The summed E-state index contributed by atoms with van der Waals surface area (Å²) in [5.74, 6) is 0. The molecular weight excluding hydrogens is 254 g/mol. The van der Waals surface area contributed by atoms with Crippen molar-refractivity contribution in [3.05, 3.63) is 35.9 Å². The average Bonchev–Trinajstić information content (AvgIpc) is 2.46. The molecule has 0 radical (unpaired) electrons. The maximum Gasteiger partial charge on any atom is 0.407 e. The van der Waals surface area contributed by atoms with Gasteiger partial charge >= 0.3 is 6.09 Å². The van der Waals surface area contributed by atoms with Crippen LogP contribution < -0.4 is 5.32 Å². The Morgan fingerprint density at radius 3 is 2.60 bits per heavy atom. The number of carbonyl (C=O) groups excluding carboxylic acids is 1. The number of aliphatic hydroxyl groups is 1. The fraction of sp³-hybridized carbons (Fsp3) is 0.562. The zero-order valence-corrected chi connectivity index (χ0v) is 12.4. The molecule has 1 rings (SSSR count). The van der Waals surface area contributed by atoms with Crippen molar-refractivity contribution in [2.75, 3.05) is 6.61 Å². The van der Waals surface area contributed by atoms with Gasteiger partial charge in [0.15, 0.2) is 0 Å². The second-order valence-corrected chi connectivity index (χ2v) is 5.36. The van der Waals surface area contributed by atoms with Gasteiger partial charge in [0.1, 0.15) is 6.61 Å². The molecule has 0 bridgehead atoms. The van der Waals surface area contributed by atoms with Gasteiger partial charge in [-0.15, -0.1) is 0 Å². The summed E-state index contributed by atoms with van der Waals surface area (Å²) in [4.78, 5) is 11.8. The molecule has 0 aliphatic rings. The first-order valence-electron chi connectivity index (χ1n) is 7.19. The number of unbranched alkanes of at least 4 members (excludes halogenated alkanes) is 2. The van der Waals surface area contributed by atoms with E-state index in [-0.39, 0.29) is 13.2 Å². The van der Waals surface area contributed by atoms with E-state index >= 15 is 0 Å². The number of ether oxygens (including phenoxy) is 1. The molecule has 0 spiro atoms. The van der Waals surface area contributed by atoms with E-state index in [0.29, 0.717) is 0 Å². The number of rotatable bonds is 8. The highest BCUT2D eigenvalue weighted by molar-refractivity contribution is 5.68. The number of hydrogen-bond donors (Lipinski definition) is 2. The van der Waals surface area contributed by atoms with Crippen LogP contribution in [0.4, 0.5) is 4.79 Å². The van der Waals surface area contributed by atoms with Gasteiger partial charge in [-0.2, -0.15) is 0 Å². The molecule has 0 aliphatic heterocycles. The molecule has 0 saturated heterocycles. The largest absolute Gasteiger partial charge is 0.445 e. The minimum atomic E-state index is -0.608. The molecule has 0 heterocycles. The molecule has 0 aromatic heterocycles. The van der Waals surface area contributed by atoms with Gasteiger partial charge in [-0.25, -0.2) is 4.79 Å². The molecule has 1 aromatic rings. The summed E-state index contributed by atoms with van der Waals surface area (Å²) in [6.07, 6.45) is 3.45. The predicted octanol–water partition coefficient (Wildman–Crippen LogP) is 3.24. The Balaban J connectivity index is 2.38. The van der Waals surface area contributed by atoms with Crippen LogP contribution in [0.15, 0.2) is 30.3 Å². The summed E-state index contributed by atoms with van der Waals surface area (Å²) < 4.78 is 5.17. The standard InChI is InChI=1S/C16H25NO3/c1-3-4-8-11-16(2,13-18)17-15(19)20-12-14-9-6-5-7-10-14/h5-7,9-10,18H,3-4,8,11-13H2,1-2H3,(H,17,19)/t16-/m1/s1. The summed E-state index contributed by atoms with van der Waals surface area (Å²) >= 11 is 0. The lowest BCUT2D eigenvalue weighted by Crippen LogP contribution is -2.49. The quantitative estimate of drug-likeness (QED) is 0.718. The van der Waals surface area contributed by atoms with Crippen LogP contribution in [0.3, 0.4) is 0 Å². The van der Waals surface area contributed by atoms with Gasteiger partial charge < -0.3 is 15.2 Å². The fourth-order valence-electron chi connectivity index (χ4n) is 1.95. The molecule has 1 aromatic carbocycles. The van der Waals surface area contributed by atoms with Crippen LogP contribution in [0.25, 0.3) is 0 Å². The van der Waals surface area contributed by atoms with Crippen molar-refractivity contribution in [1.29, 1.82) is 0 Å². The topological polar surface area (TPSA) is 58.6 Å². The van der Waals surface area contributed by atoms with Crippen molar-refractivity contribution in [2.45, 2.75) is 51.7 Å². The van der Waals surface area contributed by atoms with Crippen LogP contribution in [-0.4, -0.2) is 23.3 Å². The van der Waals surface area contributed by atoms with Crippen LogP contribution in [0, 0.1) is 0 Å². The highest BCUT2D eigenvalue weighted by Gasteiger charge is 2.25. The van der Waals surface area contributed by atoms with Crippen LogP contribution in [0.1, 0.15) is 45.1 Å². The van der Waals surface area contributed by atoms with Gasteiger partial charge in [0.25, 0.3) is 0 Å². The second kappa shape index (κ2) is 8.59. The summed E-state index contributed by atoms with van der Waals surface area (Å²) in [7, 11) is 0. The molecule has 1 amide bonds. The predicted molar refractivity (Wildman–Crippen MR) is 79.4 cm³/mol. The smallest absolute Gasteiger partial charge is 0.407 e. The van der Waals surface area contributed by atoms with Crippen molar-refractivity contribution in [2.24, 2.45) is 0 Å². The Morgan fingerprint density at radius 1 is 1.30 bits per heavy atom. The van der Waals surface area contributed by atoms with Gasteiger partial charge in [-0.05, 0) is 18.9 Å². The molecule has 4 heteroatoms. The summed E-state index contributed by atoms with van der Waals surface area (Å²) in [5, 5.41) is 12.2. The van der Waals surface area contributed by atoms with E-state index in [2.05, 4.69) is 12.2 Å². The molecule has 4 nitrogen and oxygen atoms in total. The number of nitrogens with one attached hydrogen (secondary N) is 1. The number of hydrogen-bond acceptors (Lipinski definition) is 3. The first kappa shape index (κ1) is 16.5. The number of aliphatic hydroxyl groups excluding tert-OH is 1. The number of carbonyl (C=O) groups is 1. The monoisotopic (exact) mass is 279 g/mol. The third-order valence-electron chi connectivity index (χ3n) is 3.30. The second-order valence-electron chi connectivity index (χ2n) is 5.36. The van der Waals surface area contributed by atoms with Gasteiger partial charge in [-0.3, -0.25) is 0 Å². The summed E-state index contributed by atoms with van der Waals surface area (Å²) in [5.41, 5.74) is 0.336. The zero-order chi connectivity index (χ0) is 14.8. The zero-order valence-electron chi connectivity index (χ0n) is 12.4. The molecule has 0 fully saturated rings. The fourth-order valence-corrected chi connectivity index (χ4v) is 1.95. The first-order chi connectivity index (χ1) is 9.59. The lowest BCUT2D eigenvalue weighted by molar-refractivity contribution is 0.107. The third kappa shape index (κ3) is 6.06. The van der Waals surface area contributed by atoms with Crippen molar-refractivity contribution < 1.29 is 14.6 Å². The highest BCUT2D eigenvalue weighted by Crippen LogP contribution is 2.14. The Labute approximate surface area is 121 Å². The van der Waals surface area contributed by atoms with Crippen molar-refractivity contribution in [3.8, 4) is 0 Å². The molecular formula is C16H25NO3. The van der Waals surface area contributed by atoms with Crippen LogP contribution in [0.2, 0.25) is 0 Å². The number of amides is 1. The molecule has 2 N–H and O–H groups in total. The Bertz CT molecular complexity index is 394. The van der Waals surface area contributed by atoms with E-state index in [4.69, 9.17) is 4.74 Å². The van der Waals surface area contributed by atoms with Crippen LogP contribution in [-0.2, 0) is 11.3 Å². The first-order valence-corrected chi connectivity index (χ1v) is 7.19. The van der Waals surface area contributed by atoms with E-state index in [1.165, 1.54) is 0 Å². The van der Waals surface area contributed by atoms with E-state index in [1.54, 1.807) is 0 Å².